The average Bonchev–Trinajstić information content (AvgIpc) is 3.05. The number of nitrogens with two attached hydrogens (primary N) is 1. The van der Waals surface area contributed by atoms with E-state index in [4.69, 9.17) is 5.73 Å². The second-order valence-electron chi connectivity index (χ2n) is 7.40. The largest absolute Gasteiger partial charge is 0.323 e. The maximum atomic E-state index is 6.67. The van der Waals surface area contributed by atoms with Crippen LogP contribution in [0.5, 0.6) is 0 Å². The van der Waals surface area contributed by atoms with E-state index in [1.807, 2.05) is 0 Å². The van der Waals surface area contributed by atoms with Crippen molar-refractivity contribution in [3.63, 3.8) is 0 Å². The number of rotatable bonds is 4. The van der Waals surface area contributed by atoms with Crippen molar-refractivity contribution in [2.24, 2.45) is 11.1 Å². The van der Waals surface area contributed by atoms with Crippen LogP contribution in [0.3, 0.4) is 0 Å². The van der Waals surface area contributed by atoms with Gasteiger partial charge >= 0.3 is 0 Å². The van der Waals surface area contributed by atoms with E-state index in [0.717, 1.165) is 5.92 Å². The second kappa shape index (κ2) is 6.52. The summed E-state index contributed by atoms with van der Waals surface area (Å²) in [4.78, 5) is 0. The van der Waals surface area contributed by atoms with Gasteiger partial charge in [-0.2, -0.15) is 0 Å². The monoisotopic (exact) mass is 285 g/mol. The Morgan fingerprint density at radius 3 is 2.19 bits per heavy atom. The summed E-state index contributed by atoms with van der Waals surface area (Å²) in [6.07, 6.45) is 13.6. The van der Waals surface area contributed by atoms with Crippen LogP contribution in [0.15, 0.2) is 24.3 Å². The van der Waals surface area contributed by atoms with Crippen LogP contribution in [0.4, 0.5) is 0 Å². The van der Waals surface area contributed by atoms with Crippen LogP contribution in [0.1, 0.15) is 94.2 Å². The van der Waals surface area contributed by atoms with Gasteiger partial charge in [0.15, 0.2) is 0 Å². The third-order valence-corrected chi connectivity index (χ3v) is 6.34. The van der Waals surface area contributed by atoms with E-state index in [2.05, 4.69) is 31.2 Å². The molecular weight excluding hydrogens is 254 g/mol. The van der Waals surface area contributed by atoms with Crippen molar-refractivity contribution in [3.8, 4) is 0 Å². The highest BCUT2D eigenvalue weighted by Crippen LogP contribution is 2.49. The van der Waals surface area contributed by atoms with Crippen LogP contribution in [0.2, 0.25) is 0 Å². The third-order valence-electron chi connectivity index (χ3n) is 6.34. The lowest BCUT2D eigenvalue weighted by Crippen LogP contribution is -2.31. The van der Waals surface area contributed by atoms with Gasteiger partial charge < -0.3 is 5.73 Å². The maximum absolute atomic E-state index is 6.67. The zero-order valence-corrected chi connectivity index (χ0v) is 13.6. The Hall–Kier alpha value is -0.820. The van der Waals surface area contributed by atoms with Gasteiger partial charge in [-0.15, -0.1) is 0 Å². The molecule has 21 heavy (non-hydrogen) atoms. The molecule has 0 bridgehead atoms. The smallest absolute Gasteiger partial charge is 0.0351 e. The zero-order valence-electron chi connectivity index (χ0n) is 13.6. The predicted octanol–water partition coefficient (Wildman–Crippen LogP) is 5.70. The van der Waals surface area contributed by atoms with E-state index in [-0.39, 0.29) is 6.04 Å². The number of hydrogen-bond acceptors (Lipinski definition) is 1. The molecule has 0 amide bonds. The van der Waals surface area contributed by atoms with Crippen molar-refractivity contribution in [2.75, 3.05) is 0 Å². The first-order chi connectivity index (χ1) is 10.2. The quantitative estimate of drug-likeness (QED) is 0.754. The number of benzene rings is 1. The minimum absolute atomic E-state index is 0.227. The van der Waals surface area contributed by atoms with Gasteiger partial charge in [-0.05, 0) is 54.6 Å². The van der Waals surface area contributed by atoms with Gasteiger partial charge in [-0.1, -0.05) is 63.3 Å². The van der Waals surface area contributed by atoms with Gasteiger partial charge in [-0.3, -0.25) is 0 Å². The fourth-order valence-electron chi connectivity index (χ4n) is 4.73. The summed E-state index contributed by atoms with van der Waals surface area (Å²) in [5, 5.41) is 0. The Balaban J connectivity index is 1.73. The molecule has 2 aliphatic rings. The Morgan fingerprint density at radius 2 is 1.62 bits per heavy atom. The minimum Gasteiger partial charge on any atom is -0.323 e. The lowest BCUT2D eigenvalue weighted by molar-refractivity contribution is 0.222. The molecule has 1 nitrogen and oxygen atoms in total. The molecule has 0 heterocycles. The first-order valence-electron chi connectivity index (χ1n) is 9.10. The topological polar surface area (TPSA) is 26.0 Å². The summed E-state index contributed by atoms with van der Waals surface area (Å²) in [6.45, 7) is 2.32. The Labute approximate surface area is 130 Å². The van der Waals surface area contributed by atoms with Gasteiger partial charge in [-0.25, -0.2) is 0 Å². The molecular formula is C20H31N. The van der Waals surface area contributed by atoms with Crippen molar-refractivity contribution in [3.05, 3.63) is 35.4 Å². The van der Waals surface area contributed by atoms with Crippen LogP contribution >= 0.6 is 0 Å². The van der Waals surface area contributed by atoms with Crippen LogP contribution in [-0.4, -0.2) is 0 Å². The second-order valence-corrected chi connectivity index (χ2v) is 7.40. The molecule has 0 saturated heterocycles. The minimum atomic E-state index is 0.227. The van der Waals surface area contributed by atoms with E-state index >= 15 is 0 Å². The average molecular weight is 285 g/mol. The molecule has 3 rings (SSSR count). The summed E-state index contributed by atoms with van der Waals surface area (Å²) in [5.41, 5.74) is 9.95. The van der Waals surface area contributed by atoms with E-state index in [1.54, 1.807) is 5.56 Å². The Bertz CT molecular complexity index is 435. The first-order valence-corrected chi connectivity index (χ1v) is 9.10. The molecule has 1 aromatic rings. The predicted molar refractivity (Wildman–Crippen MR) is 90.4 cm³/mol. The van der Waals surface area contributed by atoms with Crippen LogP contribution in [0.25, 0.3) is 0 Å². The van der Waals surface area contributed by atoms with E-state index in [0.29, 0.717) is 5.41 Å². The lowest BCUT2D eigenvalue weighted by Gasteiger charge is -2.35. The SMILES string of the molecule is CCC1(C(N)c2ccc(C3CCCCC3)cc2)CCCC1. The molecule has 2 fully saturated rings. The van der Waals surface area contributed by atoms with Crippen molar-refractivity contribution in [2.45, 2.75) is 83.1 Å². The molecule has 1 aromatic carbocycles. The molecule has 0 aromatic heterocycles. The fraction of sp³-hybridized carbons (Fsp3) is 0.700. The lowest BCUT2D eigenvalue weighted by atomic mass is 9.73. The van der Waals surface area contributed by atoms with Crippen molar-refractivity contribution in [1.29, 1.82) is 0 Å². The van der Waals surface area contributed by atoms with Crippen molar-refractivity contribution >= 4 is 0 Å². The van der Waals surface area contributed by atoms with Gasteiger partial charge in [0.05, 0.1) is 0 Å². The summed E-state index contributed by atoms with van der Waals surface area (Å²) < 4.78 is 0. The molecule has 0 spiro atoms. The molecule has 1 atom stereocenters. The van der Waals surface area contributed by atoms with E-state index in [1.165, 1.54) is 69.8 Å². The molecule has 1 heteroatoms. The van der Waals surface area contributed by atoms with Gasteiger partial charge in [0.2, 0.25) is 0 Å². The summed E-state index contributed by atoms with van der Waals surface area (Å²) in [7, 11) is 0. The maximum Gasteiger partial charge on any atom is 0.0351 e. The third kappa shape index (κ3) is 3.04. The van der Waals surface area contributed by atoms with Gasteiger partial charge in [0.1, 0.15) is 0 Å². The van der Waals surface area contributed by atoms with Crippen LogP contribution in [-0.2, 0) is 0 Å². The van der Waals surface area contributed by atoms with Crippen LogP contribution in [0, 0.1) is 5.41 Å². The molecule has 0 radical (unpaired) electrons. The molecule has 2 saturated carbocycles. The van der Waals surface area contributed by atoms with Gasteiger partial charge in [0, 0.05) is 6.04 Å². The highest BCUT2D eigenvalue weighted by molar-refractivity contribution is 5.29. The number of hydrogen-bond donors (Lipinski definition) is 1. The normalized spacial score (nSPS) is 24.1. The summed E-state index contributed by atoms with van der Waals surface area (Å²) >= 11 is 0. The highest BCUT2D eigenvalue weighted by Gasteiger charge is 2.38. The fourth-order valence-corrected chi connectivity index (χ4v) is 4.73. The standard InChI is InChI=1S/C20H31N/c1-2-20(14-6-7-15-20)19(21)18-12-10-17(11-13-18)16-8-4-3-5-9-16/h10-13,16,19H,2-9,14-15,21H2,1H3. The first kappa shape index (κ1) is 15.1. The zero-order chi connectivity index (χ0) is 14.7. The van der Waals surface area contributed by atoms with Gasteiger partial charge in [0.25, 0.3) is 0 Å². The molecule has 0 aliphatic heterocycles. The molecule has 1 unspecified atom stereocenters. The van der Waals surface area contributed by atoms with Crippen molar-refractivity contribution in [1.82, 2.24) is 0 Å². The van der Waals surface area contributed by atoms with E-state index < -0.39 is 0 Å². The summed E-state index contributed by atoms with van der Waals surface area (Å²) in [5.74, 6) is 0.802. The highest BCUT2D eigenvalue weighted by atomic mass is 14.7. The van der Waals surface area contributed by atoms with Crippen molar-refractivity contribution < 1.29 is 0 Å². The van der Waals surface area contributed by atoms with Crippen LogP contribution < -0.4 is 5.73 Å². The molecule has 116 valence electrons. The molecule has 2 aliphatic carbocycles. The summed E-state index contributed by atoms with van der Waals surface area (Å²) in [6, 6.07) is 9.60. The van der Waals surface area contributed by atoms with E-state index in [9.17, 15) is 0 Å². The molecule has 2 N–H and O–H groups in total. The Morgan fingerprint density at radius 1 is 1.00 bits per heavy atom. The Kier molecular flexibility index (Phi) is 4.69.